The fraction of sp³-hybridized carbons (Fsp3) is 0.692. The van der Waals surface area contributed by atoms with E-state index in [1.165, 1.54) is 0 Å². The number of rotatable bonds is 4. The van der Waals surface area contributed by atoms with Crippen LogP contribution in [-0.2, 0) is 6.54 Å². The third-order valence-electron chi connectivity index (χ3n) is 3.19. The number of hydrogen-bond donors (Lipinski definition) is 2. The highest BCUT2D eigenvalue weighted by Gasteiger charge is 2.22. The summed E-state index contributed by atoms with van der Waals surface area (Å²) in [5.74, 6) is 0.457. The smallest absolute Gasteiger partial charge is 0.141 e. The fourth-order valence-corrected chi connectivity index (χ4v) is 2.33. The molecule has 0 atom stereocenters. The van der Waals surface area contributed by atoms with Crippen molar-refractivity contribution in [3.8, 4) is 0 Å². The quantitative estimate of drug-likeness (QED) is 0.794. The van der Waals surface area contributed by atoms with E-state index in [0.717, 1.165) is 45.0 Å². The molecule has 0 bridgehead atoms. The number of nitrogen functional groups attached to an aromatic ring is 1. The van der Waals surface area contributed by atoms with E-state index in [1.807, 2.05) is 13.8 Å². The fourth-order valence-electron chi connectivity index (χ4n) is 2.33. The van der Waals surface area contributed by atoms with Crippen molar-refractivity contribution < 1.29 is 5.11 Å². The van der Waals surface area contributed by atoms with Gasteiger partial charge >= 0.3 is 0 Å². The lowest BCUT2D eigenvalue weighted by molar-refractivity contribution is 0.0165. The first-order chi connectivity index (χ1) is 8.92. The van der Waals surface area contributed by atoms with Crippen LogP contribution in [0.2, 0.25) is 0 Å². The van der Waals surface area contributed by atoms with Gasteiger partial charge in [-0.3, -0.25) is 14.8 Å². The molecule has 106 valence electrons. The zero-order valence-corrected chi connectivity index (χ0v) is 11.7. The Hall–Kier alpha value is -1.24. The van der Waals surface area contributed by atoms with Crippen molar-refractivity contribution in [2.24, 2.45) is 0 Å². The monoisotopic (exact) mass is 265 g/mol. The van der Waals surface area contributed by atoms with Gasteiger partial charge in [-0.05, 0) is 13.8 Å². The van der Waals surface area contributed by atoms with Crippen LogP contribution in [0.1, 0.15) is 19.5 Å². The van der Waals surface area contributed by atoms with Gasteiger partial charge in [0.15, 0.2) is 0 Å². The van der Waals surface area contributed by atoms with Crippen LogP contribution in [0.3, 0.4) is 0 Å². The van der Waals surface area contributed by atoms with Crippen LogP contribution in [0.15, 0.2) is 12.4 Å². The molecule has 0 aromatic carbocycles. The summed E-state index contributed by atoms with van der Waals surface area (Å²) in [5, 5.41) is 9.81. The maximum atomic E-state index is 9.81. The van der Waals surface area contributed by atoms with Gasteiger partial charge in [0.25, 0.3) is 0 Å². The van der Waals surface area contributed by atoms with E-state index in [4.69, 9.17) is 5.73 Å². The molecule has 1 aliphatic rings. The number of anilines is 1. The zero-order valence-electron chi connectivity index (χ0n) is 11.7. The van der Waals surface area contributed by atoms with Gasteiger partial charge < -0.3 is 10.8 Å². The number of piperazine rings is 1. The lowest BCUT2D eigenvalue weighted by Gasteiger charge is -2.37. The molecule has 1 saturated heterocycles. The van der Waals surface area contributed by atoms with Crippen molar-refractivity contribution in [3.05, 3.63) is 18.1 Å². The van der Waals surface area contributed by atoms with E-state index in [0.29, 0.717) is 5.82 Å². The molecule has 0 saturated carbocycles. The van der Waals surface area contributed by atoms with Crippen LogP contribution in [0.5, 0.6) is 0 Å². The van der Waals surface area contributed by atoms with Crippen molar-refractivity contribution >= 4 is 5.82 Å². The molecule has 2 heterocycles. The average Bonchev–Trinajstić information content (AvgIpc) is 2.33. The van der Waals surface area contributed by atoms with Gasteiger partial charge in [-0.25, -0.2) is 4.98 Å². The van der Waals surface area contributed by atoms with Crippen molar-refractivity contribution in [3.63, 3.8) is 0 Å². The van der Waals surface area contributed by atoms with Gasteiger partial charge in [0.2, 0.25) is 0 Å². The number of aromatic nitrogens is 2. The molecule has 1 aromatic rings. The Labute approximate surface area is 114 Å². The molecular formula is C13H23N5O. The minimum atomic E-state index is -0.620. The molecule has 6 heteroatoms. The standard InChI is InChI=1S/C13H23N5O/c1-13(2,19)10-18-5-3-17(4-6-18)9-11-7-16-12(14)8-15-11/h7-8,19H,3-6,9-10H2,1-2H3,(H2,14,16). The maximum absolute atomic E-state index is 9.81. The Balaban J connectivity index is 1.79. The van der Waals surface area contributed by atoms with Gasteiger partial charge in [0, 0.05) is 39.3 Å². The molecule has 1 fully saturated rings. The number of nitrogens with zero attached hydrogens (tertiary/aromatic N) is 4. The summed E-state index contributed by atoms with van der Waals surface area (Å²) < 4.78 is 0. The minimum Gasteiger partial charge on any atom is -0.389 e. The van der Waals surface area contributed by atoms with E-state index in [-0.39, 0.29) is 0 Å². The van der Waals surface area contributed by atoms with Crippen LogP contribution < -0.4 is 5.73 Å². The number of β-amino-alcohol motifs (C(OH)–C–C–N with tert-alkyl or cyclic N) is 1. The minimum absolute atomic E-state index is 0.457. The van der Waals surface area contributed by atoms with Crippen LogP contribution >= 0.6 is 0 Å². The summed E-state index contributed by atoms with van der Waals surface area (Å²) >= 11 is 0. The molecule has 0 unspecified atom stereocenters. The van der Waals surface area contributed by atoms with E-state index in [9.17, 15) is 5.11 Å². The highest BCUT2D eigenvalue weighted by molar-refractivity contribution is 5.22. The van der Waals surface area contributed by atoms with E-state index in [2.05, 4.69) is 19.8 Å². The third-order valence-corrected chi connectivity index (χ3v) is 3.19. The first kappa shape index (κ1) is 14.2. The summed E-state index contributed by atoms with van der Waals surface area (Å²) in [4.78, 5) is 13.0. The SMILES string of the molecule is CC(C)(O)CN1CCN(Cc2cnc(N)cn2)CC1. The molecule has 2 rings (SSSR count). The van der Waals surface area contributed by atoms with Crippen molar-refractivity contribution in [1.82, 2.24) is 19.8 Å². The van der Waals surface area contributed by atoms with Gasteiger partial charge in [-0.1, -0.05) is 0 Å². The summed E-state index contributed by atoms with van der Waals surface area (Å²) in [6.07, 6.45) is 3.33. The Morgan fingerprint density at radius 2 is 1.79 bits per heavy atom. The molecule has 0 spiro atoms. The normalized spacial score (nSPS) is 18.7. The van der Waals surface area contributed by atoms with Crippen molar-refractivity contribution in [2.75, 3.05) is 38.5 Å². The Kier molecular flexibility index (Phi) is 4.34. The van der Waals surface area contributed by atoms with Crippen molar-refractivity contribution in [2.45, 2.75) is 26.0 Å². The molecule has 1 aliphatic heterocycles. The lowest BCUT2D eigenvalue weighted by Crippen LogP contribution is -2.50. The molecule has 0 radical (unpaired) electrons. The molecule has 3 N–H and O–H groups in total. The molecule has 19 heavy (non-hydrogen) atoms. The summed E-state index contributed by atoms with van der Waals surface area (Å²) in [6.45, 7) is 9.17. The second-order valence-electron chi connectivity index (χ2n) is 5.80. The second-order valence-corrected chi connectivity index (χ2v) is 5.80. The topological polar surface area (TPSA) is 78.5 Å². The molecule has 6 nitrogen and oxygen atoms in total. The van der Waals surface area contributed by atoms with Crippen LogP contribution in [0.25, 0.3) is 0 Å². The number of nitrogens with two attached hydrogens (primary N) is 1. The molecule has 0 aliphatic carbocycles. The highest BCUT2D eigenvalue weighted by atomic mass is 16.3. The first-order valence-electron chi connectivity index (χ1n) is 6.66. The van der Waals surface area contributed by atoms with E-state index in [1.54, 1.807) is 12.4 Å². The number of hydrogen-bond acceptors (Lipinski definition) is 6. The summed E-state index contributed by atoms with van der Waals surface area (Å²) in [7, 11) is 0. The Bertz CT molecular complexity index is 392. The molecule has 0 amide bonds. The highest BCUT2D eigenvalue weighted by Crippen LogP contribution is 2.10. The van der Waals surface area contributed by atoms with Gasteiger partial charge in [-0.2, -0.15) is 0 Å². The largest absolute Gasteiger partial charge is 0.389 e. The van der Waals surface area contributed by atoms with Crippen molar-refractivity contribution in [1.29, 1.82) is 0 Å². The lowest BCUT2D eigenvalue weighted by atomic mass is 10.1. The summed E-state index contributed by atoms with van der Waals surface area (Å²) in [5.41, 5.74) is 5.85. The summed E-state index contributed by atoms with van der Waals surface area (Å²) in [6, 6.07) is 0. The molecular weight excluding hydrogens is 242 g/mol. The van der Waals surface area contributed by atoms with Gasteiger partial charge in [0.05, 0.1) is 23.7 Å². The van der Waals surface area contributed by atoms with Crippen LogP contribution in [0.4, 0.5) is 5.82 Å². The average molecular weight is 265 g/mol. The van der Waals surface area contributed by atoms with Crippen LogP contribution in [0, 0.1) is 0 Å². The first-order valence-corrected chi connectivity index (χ1v) is 6.66. The van der Waals surface area contributed by atoms with E-state index >= 15 is 0 Å². The number of aliphatic hydroxyl groups is 1. The van der Waals surface area contributed by atoms with Gasteiger partial charge in [0.1, 0.15) is 5.82 Å². The maximum Gasteiger partial charge on any atom is 0.141 e. The predicted octanol–water partition coefficient (Wildman–Crippen LogP) is -0.0527. The van der Waals surface area contributed by atoms with Crippen LogP contribution in [-0.4, -0.2) is 63.2 Å². The molecule has 1 aromatic heterocycles. The predicted molar refractivity (Wildman–Crippen MR) is 74.5 cm³/mol. The Morgan fingerprint density at radius 1 is 1.16 bits per heavy atom. The third kappa shape index (κ3) is 4.74. The second kappa shape index (κ2) is 5.81. The zero-order chi connectivity index (χ0) is 13.9. The van der Waals surface area contributed by atoms with Gasteiger partial charge in [-0.15, -0.1) is 0 Å². The van der Waals surface area contributed by atoms with E-state index < -0.39 is 5.60 Å². The Morgan fingerprint density at radius 3 is 2.32 bits per heavy atom.